The monoisotopic (exact) mass is 267 g/mol. The molecule has 1 aliphatic heterocycles. The van der Waals surface area contributed by atoms with Crippen LogP contribution >= 0.6 is 0 Å². The molecule has 1 unspecified atom stereocenters. The highest BCUT2D eigenvalue weighted by molar-refractivity contribution is 5.80. The van der Waals surface area contributed by atoms with Crippen molar-refractivity contribution in [3.8, 4) is 0 Å². The fourth-order valence-corrected chi connectivity index (χ4v) is 2.68. The Balaban J connectivity index is 1.80. The van der Waals surface area contributed by atoms with Gasteiger partial charge in [-0.25, -0.2) is 0 Å². The van der Waals surface area contributed by atoms with E-state index in [0.717, 1.165) is 6.54 Å². The standard InChI is InChI=1S/C17H17NO2/c1-20-17(19)16-15(14-10-6-3-7-11-14)18(16)12-13-8-4-2-5-9-13/h2-11,15-16H,12H2,1H3/t15-,16+,18?/m1/s1. The molecule has 1 heterocycles. The van der Waals surface area contributed by atoms with Crippen LogP contribution in [0.15, 0.2) is 60.7 Å². The Morgan fingerprint density at radius 2 is 1.65 bits per heavy atom. The molecule has 0 aliphatic carbocycles. The Morgan fingerprint density at radius 1 is 1.05 bits per heavy atom. The number of carbonyl (C=O) groups is 1. The molecule has 3 nitrogen and oxygen atoms in total. The first-order chi connectivity index (χ1) is 9.81. The minimum atomic E-state index is -0.164. The van der Waals surface area contributed by atoms with Crippen molar-refractivity contribution in [3.05, 3.63) is 71.8 Å². The molecule has 1 fully saturated rings. The van der Waals surface area contributed by atoms with E-state index in [9.17, 15) is 4.79 Å². The van der Waals surface area contributed by atoms with Gasteiger partial charge in [-0.1, -0.05) is 60.7 Å². The van der Waals surface area contributed by atoms with E-state index in [4.69, 9.17) is 4.74 Å². The zero-order valence-corrected chi connectivity index (χ0v) is 11.4. The predicted octanol–water partition coefficient (Wildman–Crippen LogP) is 2.79. The van der Waals surface area contributed by atoms with Crippen molar-refractivity contribution in [3.63, 3.8) is 0 Å². The highest BCUT2D eigenvalue weighted by Crippen LogP contribution is 2.44. The molecule has 3 rings (SSSR count). The first-order valence-corrected chi connectivity index (χ1v) is 6.73. The summed E-state index contributed by atoms with van der Waals surface area (Å²) >= 11 is 0. The molecular formula is C17H17NO2. The molecule has 102 valence electrons. The van der Waals surface area contributed by atoms with Crippen molar-refractivity contribution in [1.82, 2.24) is 4.90 Å². The average Bonchev–Trinajstić information content (AvgIpc) is 3.22. The van der Waals surface area contributed by atoms with Crippen molar-refractivity contribution in [2.75, 3.05) is 7.11 Å². The molecule has 3 heteroatoms. The summed E-state index contributed by atoms with van der Waals surface area (Å²) in [7, 11) is 1.45. The predicted molar refractivity (Wildman–Crippen MR) is 77.0 cm³/mol. The van der Waals surface area contributed by atoms with E-state index in [0.29, 0.717) is 0 Å². The second-order valence-electron chi connectivity index (χ2n) is 4.98. The molecule has 0 N–H and O–H groups in total. The van der Waals surface area contributed by atoms with Gasteiger partial charge in [0, 0.05) is 6.54 Å². The highest BCUT2D eigenvalue weighted by Gasteiger charge is 2.53. The van der Waals surface area contributed by atoms with Gasteiger partial charge in [-0.2, -0.15) is 0 Å². The van der Waals surface area contributed by atoms with Crippen LogP contribution in [0.2, 0.25) is 0 Å². The van der Waals surface area contributed by atoms with Gasteiger partial charge in [-0.3, -0.25) is 9.69 Å². The van der Waals surface area contributed by atoms with E-state index in [1.807, 2.05) is 36.4 Å². The smallest absolute Gasteiger partial charge is 0.325 e. The lowest BCUT2D eigenvalue weighted by molar-refractivity contribution is -0.141. The molecular weight excluding hydrogens is 250 g/mol. The van der Waals surface area contributed by atoms with Crippen LogP contribution in [0.3, 0.4) is 0 Å². The summed E-state index contributed by atoms with van der Waals surface area (Å²) in [5.74, 6) is -0.158. The van der Waals surface area contributed by atoms with Crippen LogP contribution in [0.4, 0.5) is 0 Å². The fraction of sp³-hybridized carbons (Fsp3) is 0.235. The van der Waals surface area contributed by atoms with Crippen molar-refractivity contribution >= 4 is 5.97 Å². The summed E-state index contributed by atoms with van der Waals surface area (Å²) in [5, 5.41) is 0. The van der Waals surface area contributed by atoms with Crippen molar-refractivity contribution in [2.24, 2.45) is 0 Å². The van der Waals surface area contributed by atoms with Gasteiger partial charge in [0.05, 0.1) is 13.2 Å². The van der Waals surface area contributed by atoms with E-state index in [1.165, 1.54) is 18.2 Å². The molecule has 0 spiro atoms. The maximum absolute atomic E-state index is 11.9. The van der Waals surface area contributed by atoms with Crippen LogP contribution in [0.5, 0.6) is 0 Å². The minimum Gasteiger partial charge on any atom is -0.468 e. The first-order valence-electron chi connectivity index (χ1n) is 6.73. The third kappa shape index (κ3) is 2.45. The number of methoxy groups -OCH3 is 1. The molecule has 1 saturated heterocycles. The van der Waals surface area contributed by atoms with Crippen LogP contribution < -0.4 is 0 Å². The molecule has 2 aromatic rings. The van der Waals surface area contributed by atoms with Crippen LogP contribution in [-0.2, 0) is 16.1 Å². The van der Waals surface area contributed by atoms with Gasteiger partial charge in [0.15, 0.2) is 0 Å². The van der Waals surface area contributed by atoms with Crippen LogP contribution in [-0.4, -0.2) is 24.0 Å². The first kappa shape index (κ1) is 12.9. The maximum Gasteiger partial charge on any atom is 0.325 e. The lowest BCUT2D eigenvalue weighted by Crippen LogP contribution is -2.14. The summed E-state index contributed by atoms with van der Waals surface area (Å²) in [4.78, 5) is 14.1. The Morgan fingerprint density at radius 3 is 2.25 bits per heavy atom. The number of nitrogens with zero attached hydrogens (tertiary/aromatic N) is 1. The van der Waals surface area contributed by atoms with E-state index in [1.54, 1.807) is 0 Å². The SMILES string of the molecule is COC(=O)[C@@H]1[C@@H](c2ccccc2)N1Cc1ccccc1. The largest absolute Gasteiger partial charge is 0.468 e. The number of esters is 1. The molecule has 0 saturated carbocycles. The average molecular weight is 267 g/mol. The van der Waals surface area contributed by atoms with E-state index >= 15 is 0 Å². The van der Waals surface area contributed by atoms with Gasteiger partial charge in [-0.15, -0.1) is 0 Å². The molecule has 0 radical (unpaired) electrons. The fourth-order valence-electron chi connectivity index (χ4n) is 2.68. The van der Waals surface area contributed by atoms with Crippen molar-refractivity contribution in [2.45, 2.75) is 18.6 Å². The zero-order valence-electron chi connectivity index (χ0n) is 11.4. The molecule has 1 aliphatic rings. The summed E-state index contributed by atoms with van der Waals surface area (Å²) in [6.45, 7) is 0.764. The lowest BCUT2D eigenvalue weighted by atomic mass is 10.1. The summed E-state index contributed by atoms with van der Waals surface area (Å²) in [6.07, 6.45) is 0. The number of rotatable bonds is 4. The zero-order chi connectivity index (χ0) is 13.9. The van der Waals surface area contributed by atoms with E-state index < -0.39 is 0 Å². The Kier molecular flexibility index (Phi) is 3.52. The number of hydrogen-bond acceptors (Lipinski definition) is 3. The van der Waals surface area contributed by atoms with E-state index in [-0.39, 0.29) is 18.1 Å². The lowest BCUT2D eigenvalue weighted by Gasteiger charge is -2.04. The molecule has 0 bridgehead atoms. The van der Waals surface area contributed by atoms with Crippen LogP contribution in [0.1, 0.15) is 17.2 Å². The van der Waals surface area contributed by atoms with Gasteiger partial charge < -0.3 is 4.74 Å². The molecule has 2 aromatic carbocycles. The van der Waals surface area contributed by atoms with Gasteiger partial charge in [0.1, 0.15) is 6.04 Å². The molecule has 0 amide bonds. The second kappa shape index (κ2) is 5.47. The number of hydrogen-bond donors (Lipinski definition) is 0. The Bertz CT molecular complexity index is 582. The van der Waals surface area contributed by atoms with Crippen molar-refractivity contribution < 1.29 is 9.53 Å². The second-order valence-corrected chi connectivity index (χ2v) is 4.98. The van der Waals surface area contributed by atoms with Gasteiger partial charge >= 0.3 is 5.97 Å². The number of benzene rings is 2. The number of ether oxygens (including phenoxy) is 1. The summed E-state index contributed by atoms with van der Waals surface area (Å²) in [5.41, 5.74) is 2.37. The minimum absolute atomic E-state index is 0.129. The van der Waals surface area contributed by atoms with Gasteiger partial charge in [-0.05, 0) is 11.1 Å². The topological polar surface area (TPSA) is 29.3 Å². The maximum atomic E-state index is 11.9. The Hall–Kier alpha value is -2.13. The van der Waals surface area contributed by atoms with Crippen LogP contribution in [0.25, 0.3) is 0 Å². The van der Waals surface area contributed by atoms with Gasteiger partial charge in [0.2, 0.25) is 0 Å². The quantitative estimate of drug-likeness (QED) is 0.630. The van der Waals surface area contributed by atoms with Crippen molar-refractivity contribution in [1.29, 1.82) is 0 Å². The molecule has 3 atom stereocenters. The van der Waals surface area contributed by atoms with E-state index in [2.05, 4.69) is 29.2 Å². The highest BCUT2D eigenvalue weighted by atomic mass is 16.5. The Labute approximate surface area is 118 Å². The molecule has 20 heavy (non-hydrogen) atoms. The third-order valence-corrected chi connectivity index (χ3v) is 3.72. The number of carbonyl (C=O) groups excluding carboxylic acids is 1. The van der Waals surface area contributed by atoms with Gasteiger partial charge in [0.25, 0.3) is 0 Å². The normalized spacial score (nSPS) is 24.1. The molecule has 0 aromatic heterocycles. The summed E-state index contributed by atoms with van der Waals surface area (Å²) in [6, 6.07) is 20.3. The van der Waals surface area contributed by atoms with Crippen LogP contribution in [0, 0.1) is 0 Å². The summed E-state index contributed by atoms with van der Waals surface area (Å²) < 4.78 is 4.91. The third-order valence-electron chi connectivity index (χ3n) is 3.72.